The minimum Gasteiger partial charge on any atom is -0.361 e. The summed E-state index contributed by atoms with van der Waals surface area (Å²) in [4.78, 5) is 13.4. The van der Waals surface area contributed by atoms with Crippen molar-refractivity contribution in [2.75, 3.05) is 0 Å². The fourth-order valence-corrected chi connectivity index (χ4v) is 0.855. The van der Waals surface area contributed by atoms with Gasteiger partial charge in [0, 0.05) is 6.42 Å². The van der Waals surface area contributed by atoms with Crippen molar-refractivity contribution in [1.82, 2.24) is 0 Å². The van der Waals surface area contributed by atoms with Crippen LogP contribution in [0.5, 0.6) is 0 Å². The lowest BCUT2D eigenvalue weighted by Crippen LogP contribution is -1.98. The highest BCUT2D eigenvalue weighted by Crippen LogP contribution is 2.01. The molecule has 0 atom stereocenters. The summed E-state index contributed by atoms with van der Waals surface area (Å²) in [5.74, 6) is -0.0939. The summed E-state index contributed by atoms with van der Waals surface area (Å²) in [6.45, 7) is 2.12. The minimum absolute atomic E-state index is 0.0939. The lowest BCUT2D eigenvalue weighted by Gasteiger charge is -1.92. The maximum absolute atomic E-state index is 10.7. The van der Waals surface area contributed by atoms with Crippen molar-refractivity contribution in [2.24, 2.45) is 0 Å². The first-order chi connectivity index (χ1) is 5.31. The Morgan fingerprint density at radius 2 is 2.18 bits per heavy atom. The van der Waals surface area contributed by atoms with E-state index in [4.69, 9.17) is 5.53 Å². The molecule has 0 fully saturated rings. The molecule has 0 rings (SSSR count). The molecule has 0 unspecified atom stereocenters. The third kappa shape index (κ3) is 6.94. The average Bonchev–Trinajstić information content (AvgIpc) is 1.99. The first-order valence-electron chi connectivity index (χ1n) is 4.01. The lowest BCUT2D eigenvalue weighted by atomic mass is 10.1. The SMILES string of the molecule is CCCCCCC(=O)C=[N+]=[N-]. The van der Waals surface area contributed by atoms with Gasteiger partial charge in [-0.25, -0.2) is 0 Å². The number of nitrogens with zero attached hydrogens (tertiary/aromatic N) is 2. The zero-order valence-corrected chi connectivity index (χ0v) is 6.92. The third-order valence-electron chi connectivity index (χ3n) is 1.48. The fraction of sp³-hybridized carbons (Fsp3) is 0.750. The Morgan fingerprint density at radius 1 is 1.45 bits per heavy atom. The molecule has 0 saturated heterocycles. The minimum atomic E-state index is -0.0939. The van der Waals surface area contributed by atoms with Crippen molar-refractivity contribution >= 4 is 12.0 Å². The predicted molar refractivity (Wildman–Crippen MR) is 43.4 cm³/mol. The number of hydrogen-bond donors (Lipinski definition) is 0. The van der Waals surface area contributed by atoms with Gasteiger partial charge in [-0.05, 0) is 6.42 Å². The zero-order chi connectivity index (χ0) is 8.53. The zero-order valence-electron chi connectivity index (χ0n) is 6.92. The van der Waals surface area contributed by atoms with Gasteiger partial charge >= 0.3 is 6.21 Å². The van der Waals surface area contributed by atoms with Gasteiger partial charge in [-0.1, -0.05) is 26.2 Å². The Hall–Kier alpha value is -0.950. The Balaban J connectivity index is 3.24. The summed E-state index contributed by atoms with van der Waals surface area (Å²) in [7, 11) is 0. The van der Waals surface area contributed by atoms with Gasteiger partial charge in [0.1, 0.15) is 0 Å². The molecule has 0 bridgehead atoms. The molecule has 0 radical (unpaired) electrons. The normalized spacial score (nSPS) is 8.82. The summed E-state index contributed by atoms with van der Waals surface area (Å²) in [6, 6.07) is 0. The van der Waals surface area contributed by atoms with Crippen LogP contribution in [0.2, 0.25) is 0 Å². The van der Waals surface area contributed by atoms with Crippen molar-refractivity contribution in [2.45, 2.75) is 39.0 Å². The molecule has 0 saturated carbocycles. The quantitative estimate of drug-likeness (QED) is 0.249. The van der Waals surface area contributed by atoms with Gasteiger partial charge in [0.25, 0.3) is 0 Å². The molecule has 0 aromatic heterocycles. The molecule has 11 heavy (non-hydrogen) atoms. The lowest BCUT2D eigenvalue weighted by molar-refractivity contribution is -0.116. The van der Waals surface area contributed by atoms with E-state index in [0.717, 1.165) is 19.1 Å². The predicted octanol–water partition coefficient (Wildman–Crippen LogP) is 1.83. The molecule has 0 aliphatic carbocycles. The Bertz CT molecular complexity index is 159. The van der Waals surface area contributed by atoms with Gasteiger partial charge < -0.3 is 5.53 Å². The van der Waals surface area contributed by atoms with Crippen molar-refractivity contribution < 1.29 is 9.58 Å². The van der Waals surface area contributed by atoms with Crippen LogP contribution >= 0.6 is 0 Å². The molecular formula is C8H14N2O. The maximum atomic E-state index is 10.7. The van der Waals surface area contributed by atoms with E-state index >= 15 is 0 Å². The van der Waals surface area contributed by atoms with Gasteiger partial charge in [0.05, 0.1) is 0 Å². The summed E-state index contributed by atoms with van der Waals surface area (Å²) < 4.78 is 0. The van der Waals surface area contributed by atoms with E-state index in [1.165, 1.54) is 12.8 Å². The number of Topliss-reactive ketones (excluding diaryl/α,β-unsaturated/α-hetero) is 1. The number of rotatable bonds is 6. The van der Waals surface area contributed by atoms with Crippen LogP contribution in [-0.4, -0.2) is 16.8 Å². The number of unbranched alkanes of at least 4 members (excludes halogenated alkanes) is 3. The smallest absolute Gasteiger partial charge is 0.323 e. The van der Waals surface area contributed by atoms with Crippen LogP contribution < -0.4 is 0 Å². The summed E-state index contributed by atoms with van der Waals surface area (Å²) in [5.41, 5.74) is 7.99. The Morgan fingerprint density at radius 3 is 2.73 bits per heavy atom. The van der Waals surface area contributed by atoms with Gasteiger partial charge in [0.15, 0.2) is 0 Å². The summed E-state index contributed by atoms with van der Waals surface area (Å²) in [5, 5.41) is 0. The van der Waals surface area contributed by atoms with Crippen LogP contribution in [-0.2, 0) is 4.79 Å². The van der Waals surface area contributed by atoms with Gasteiger partial charge in [0.2, 0.25) is 5.78 Å². The maximum Gasteiger partial charge on any atom is 0.323 e. The van der Waals surface area contributed by atoms with Crippen LogP contribution in [0.1, 0.15) is 39.0 Å². The molecule has 0 heterocycles. The second kappa shape index (κ2) is 7.16. The van der Waals surface area contributed by atoms with E-state index in [1.54, 1.807) is 0 Å². The van der Waals surface area contributed by atoms with Crippen molar-refractivity contribution in [3.63, 3.8) is 0 Å². The molecule has 0 aliphatic heterocycles. The van der Waals surface area contributed by atoms with Crippen molar-refractivity contribution in [3.05, 3.63) is 5.53 Å². The largest absolute Gasteiger partial charge is 0.361 e. The van der Waals surface area contributed by atoms with Gasteiger partial charge in [-0.3, -0.25) is 4.79 Å². The number of ketones is 1. The van der Waals surface area contributed by atoms with Crippen LogP contribution in [0, 0.1) is 0 Å². The van der Waals surface area contributed by atoms with Gasteiger partial charge in [-0.2, -0.15) is 4.79 Å². The van der Waals surface area contributed by atoms with E-state index in [9.17, 15) is 4.79 Å². The van der Waals surface area contributed by atoms with E-state index in [-0.39, 0.29) is 5.78 Å². The molecule has 0 spiro atoms. The van der Waals surface area contributed by atoms with E-state index in [0.29, 0.717) is 6.42 Å². The highest BCUT2D eigenvalue weighted by molar-refractivity contribution is 6.25. The molecular weight excluding hydrogens is 140 g/mol. The number of carbonyl (C=O) groups excluding carboxylic acids is 1. The van der Waals surface area contributed by atoms with Crippen molar-refractivity contribution in [1.29, 1.82) is 0 Å². The standard InChI is InChI=1S/C8H14N2O/c1-2-3-4-5-6-8(11)7-10-9/h7H,2-6H2,1H3. The molecule has 3 heteroatoms. The van der Waals surface area contributed by atoms with Crippen LogP contribution in [0.25, 0.3) is 5.53 Å². The Labute approximate surface area is 67.0 Å². The molecule has 62 valence electrons. The fourth-order valence-electron chi connectivity index (χ4n) is 0.855. The molecule has 0 aromatic rings. The number of carbonyl (C=O) groups is 1. The summed E-state index contributed by atoms with van der Waals surface area (Å²) >= 11 is 0. The van der Waals surface area contributed by atoms with Crippen LogP contribution in [0.3, 0.4) is 0 Å². The number of hydrogen-bond acceptors (Lipinski definition) is 1. The van der Waals surface area contributed by atoms with E-state index < -0.39 is 0 Å². The van der Waals surface area contributed by atoms with Crippen LogP contribution in [0.4, 0.5) is 0 Å². The second-order valence-electron chi connectivity index (χ2n) is 2.52. The molecule has 0 N–H and O–H groups in total. The average molecular weight is 154 g/mol. The second-order valence-corrected chi connectivity index (χ2v) is 2.52. The van der Waals surface area contributed by atoms with E-state index in [2.05, 4.69) is 11.7 Å². The topological polar surface area (TPSA) is 53.5 Å². The van der Waals surface area contributed by atoms with Crippen LogP contribution in [0.15, 0.2) is 0 Å². The van der Waals surface area contributed by atoms with Gasteiger partial charge in [-0.15, -0.1) is 0 Å². The highest BCUT2D eigenvalue weighted by Gasteiger charge is 2.00. The molecule has 0 aromatic carbocycles. The molecule has 3 nitrogen and oxygen atoms in total. The summed E-state index contributed by atoms with van der Waals surface area (Å²) in [6.07, 6.45) is 5.79. The van der Waals surface area contributed by atoms with E-state index in [1.807, 2.05) is 0 Å². The Kier molecular flexibility index (Phi) is 6.54. The molecule has 0 aliphatic rings. The third-order valence-corrected chi connectivity index (χ3v) is 1.48. The molecule has 0 amide bonds. The monoisotopic (exact) mass is 154 g/mol. The highest BCUT2D eigenvalue weighted by atomic mass is 16.1. The first kappa shape index (κ1) is 10.0. The van der Waals surface area contributed by atoms with Crippen molar-refractivity contribution in [3.8, 4) is 0 Å². The first-order valence-corrected chi connectivity index (χ1v) is 4.01.